The molecule has 2 amide bonds. The molecule has 2 atom stereocenters. The molecular formula is C28H28F3N3O8. The Morgan fingerprint density at radius 2 is 1.88 bits per heavy atom. The zero-order valence-electron chi connectivity index (χ0n) is 22.6. The Morgan fingerprint density at radius 1 is 1.17 bits per heavy atom. The van der Waals surface area contributed by atoms with E-state index in [1.807, 2.05) is 37.3 Å². The van der Waals surface area contributed by atoms with Gasteiger partial charge in [-0.05, 0) is 49.7 Å². The Balaban J connectivity index is 1.59. The average molecular weight is 592 g/mol. The van der Waals surface area contributed by atoms with Crippen LogP contribution in [0.4, 0.5) is 13.2 Å². The van der Waals surface area contributed by atoms with Gasteiger partial charge in [0.1, 0.15) is 17.9 Å². The maximum atomic E-state index is 13.6. The van der Waals surface area contributed by atoms with Gasteiger partial charge in [-0.2, -0.15) is 18.2 Å². The van der Waals surface area contributed by atoms with Crippen LogP contribution < -0.4 is 10.2 Å². The number of pyridine rings is 1. The molecule has 224 valence electrons. The lowest BCUT2D eigenvalue weighted by molar-refractivity contribution is -0.266. The van der Waals surface area contributed by atoms with Crippen LogP contribution in [0.5, 0.6) is 5.75 Å². The summed E-state index contributed by atoms with van der Waals surface area (Å²) in [6.07, 6.45) is -7.08. The largest absolute Gasteiger partial charge is 0.493 e. The number of aryl methyl sites for hydroxylation is 1. The van der Waals surface area contributed by atoms with Crippen LogP contribution in [0.2, 0.25) is 0 Å². The number of carbonyl (C=O) groups excluding carboxylic acids is 3. The van der Waals surface area contributed by atoms with Gasteiger partial charge in [0.15, 0.2) is 6.29 Å². The summed E-state index contributed by atoms with van der Waals surface area (Å²) in [7, 11) is 1.34. The number of hydrogen-bond donors (Lipinski definition) is 2. The normalized spacial score (nSPS) is 18.8. The van der Waals surface area contributed by atoms with Crippen molar-refractivity contribution in [2.75, 3.05) is 13.7 Å². The first-order chi connectivity index (χ1) is 20.0. The number of hydroxylamine groups is 3. The highest BCUT2D eigenvalue weighted by atomic mass is 19.4. The van der Waals surface area contributed by atoms with E-state index in [0.29, 0.717) is 5.75 Å². The Kier molecular flexibility index (Phi) is 9.29. The molecule has 0 saturated carbocycles. The molecule has 0 aliphatic carbocycles. The Morgan fingerprint density at radius 3 is 2.50 bits per heavy atom. The SMILES string of the molecule is COC1CCC(CC(=O)NO)(N(OC(=O)C(F)(F)F)C(=O)c2ccc(OCc3cc(C)nc4ccccc34)cc2)CO1. The molecule has 1 aromatic heterocycles. The van der Waals surface area contributed by atoms with E-state index in [9.17, 15) is 27.6 Å². The maximum absolute atomic E-state index is 13.6. The lowest BCUT2D eigenvalue weighted by Crippen LogP contribution is -2.60. The first-order valence-corrected chi connectivity index (χ1v) is 12.7. The predicted molar refractivity (Wildman–Crippen MR) is 139 cm³/mol. The van der Waals surface area contributed by atoms with E-state index < -0.39 is 48.8 Å². The van der Waals surface area contributed by atoms with Crippen LogP contribution in [0, 0.1) is 6.92 Å². The van der Waals surface area contributed by atoms with Crippen molar-refractivity contribution in [2.24, 2.45) is 0 Å². The summed E-state index contributed by atoms with van der Waals surface area (Å²) in [5, 5.41) is 10.2. The number of benzene rings is 2. The second-order valence-corrected chi connectivity index (χ2v) is 9.68. The first-order valence-electron chi connectivity index (χ1n) is 12.7. The van der Waals surface area contributed by atoms with Crippen LogP contribution in [0.3, 0.4) is 0 Å². The standard InChI is InChI=1S/C28H28F3N3O8/c1-17-13-19(21-5-3-4-6-22(21)32-17)15-40-20-9-7-18(8-10-20)25(36)34(42-26(37)28(29,30)31)27(14-23(35)33-38)12-11-24(39-2)41-16-27/h3-10,13,24,38H,11-12,14-16H2,1-2H3,(H,33,35). The number of carbonyl (C=O) groups is 3. The van der Waals surface area contributed by atoms with Gasteiger partial charge in [-0.1, -0.05) is 18.2 Å². The molecule has 2 aromatic carbocycles. The monoisotopic (exact) mass is 591 g/mol. The van der Waals surface area contributed by atoms with Crippen molar-refractivity contribution >= 4 is 28.7 Å². The summed E-state index contributed by atoms with van der Waals surface area (Å²) in [5.41, 5.74) is 1.80. The zero-order valence-corrected chi connectivity index (χ0v) is 22.6. The molecule has 14 heteroatoms. The second-order valence-electron chi connectivity index (χ2n) is 9.68. The molecule has 2 heterocycles. The quantitative estimate of drug-likeness (QED) is 0.294. The number of fused-ring (bicyclic) bond motifs is 1. The number of rotatable bonds is 8. The zero-order chi connectivity index (χ0) is 30.5. The molecule has 0 radical (unpaired) electrons. The Bertz CT molecular complexity index is 1440. The molecule has 3 aromatic rings. The summed E-state index contributed by atoms with van der Waals surface area (Å²) in [6.45, 7) is 1.50. The summed E-state index contributed by atoms with van der Waals surface area (Å²) >= 11 is 0. The number of nitrogens with one attached hydrogen (secondary N) is 1. The van der Waals surface area contributed by atoms with E-state index in [4.69, 9.17) is 19.4 Å². The molecule has 1 aliphatic rings. The Labute approximate surface area is 238 Å². The van der Waals surface area contributed by atoms with Crippen molar-refractivity contribution in [1.29, 1.82) is 0 Å². The van der Waals surface area contributed by atoms with E-state index in [0.717, 1.165) is 22.2 Å². The number of ether oxygens (including phenoxy) is 3. The van der Waals surface area contributed by atoms with Crippen molar-refractivity contribution < 1.29 is 51.8 Å². The summed E-state index contributed by atoms with van der Waals surface area (Å²) in [5.74, 6) is -4.52. The smallest absolute Gasteiger partial charge is 0.489 e. The number of amides is 2. The second kappa shape index (κ2) is 12.7. The minimum Gasteiger partial charge on any atom is -0.489 e. The van der Waals surface area contributed by atoms with Crippen molar-refractivity contribution in [1.82, 2.24) is 15.5 Å². The van der Waals surface area contributed by atoms with E-state index in [-0.39, 0.29) is 30.1 Å². The van der Waals surface area contributed by atoms with Gasteiger partial charge in [0, 0.05) is 35.7 Å². The minimum absolute atomic E-state index is 0.0402. The number of halogens is 3. The summed E-state index contributed by atoms with van der Waals surface area (Å²) < 4.78 is 56.1. The fourth-order valence-electron chi connectivity index (χ4n) is 4.66. The molecule has 2 N–H and O–H groups in total. The number of alkyl halides is 3. The van der Waals surface area contributed by atoms with Gasteiger partial charge in [-0.25, -0.2) is 10.3 Å². The molecule has 1 aliphatic heterocycles. The lowest BCUT2D eigenvalue weighted by atomic mass is 9.87. The maximum Gasteiger partial charge on any atom is 0.493 e. The number of methoxy groups -OCH3 is 1. The number of hydrogen-bond acceptors (Lipinski definition) is 9. The van der Waals surface area contributed by atoms with E-state index >= 15 is 0 Å². The molecule has 0 spiro atoms. The first kappa shape index (κ1) is 30.7. The third kappa shape index (κ3) is 6.95. The molecule has 2 unspecified atom stereocenters. The summed E-state index contributed by atoms with van der Waals surface area (Å²) in [4.78, 5) is 46.7. The highest BCUT2D eigenvalue weighted by Gasteiger charge is 2.51. The Hall–Kier alpha value is -4.27. The van der Waals surface area contributed by atoms with Crippen LogP contribution >= 0.6 is 0 Å². The molecule has 11 nitrogen and oxygen atoms in total. The van der Waals surface area contributed by atoms with E-state index in [1.165, 1.54) is 36.9 Å². The van der Waals surface area contributed by atoms with Gasteiger partial charge in [0.25, 0.3) is 5.91 Å². The fourth-order valence-corrected chi connectivity index (χ4v) is 4.66. The number of nitrogens with zero attached hydrogens (tertiary/aromatic N) is 2. The van der Waals surface area contributed by atoms with Crippen LogP contribution in [0.15, 0.2) is 54.6 Å². The minimum atomic E-state index is -5.45. The van der Waals surface area contributed by atoms with Crippen molar-refractivity contribution in [2.45, 2.75) is 50.8 Å². The fraction of sp³-hybridized carbons (Fsp3) is 0.357. The van der Waals surface area contributed by atoms with Gasteiger partial charge in [0.2, 0.25) is 5.91 Å². The van der Waals surface area contributed by atoms with Gasteiger partial charge >= 0.3 is 12.1 Å². The average Bonchev–Trinajstić information content (AvgIpc) is 2.98. The highest BCUT2D eigenvalue weighted by Crippen LogP contribution is 2.35. The van der Waals surface area contributed by atoms with Crippen LogP contribution in [-0.4, -0.2) is 64.8 Å². The van der Waals surface area contributed by atoms with E-state index in [2.05, 4.69) is 9.82 Å². The van der Waals surface area contributed by atoms with Crippen LogP contribution in [-0.2, 0) is 30.5 Å². The van der Waals surface area contributed by atoms with Crippen molar-refractivity contribution in [3.63, 3.8) is 0 Å². The lowest BCUT2D eigenvalue weighted by Gasteiger charge is -2.44. The van der Waals surface area contributed by atoms with Gasteiger partial charge in [0.05, 0.1) is 18.5 Å². The molecule has 0 bridgehead atoms. The third-order valence-electron chi connectivity index (χ3n) is 6.71. The van der Waals surface area contributed by atoms with Crippen LogP contribution in [0.25, 0.3) is 10.9 Å². The van der Waals surface area contributed by atoms with Gasteiger partial charge < -0.3 is 19.0 Å². The molecule has 4 rings (SSSR count). The molecule has 42 heavy (non-hydrogen) atoms. The number of para-hydroxylation sites is 1. The van der Waals surface area contributed by atoms with Crippen molar-refractivity contribution in [3.8, 4) is 5.75 Å². The van der Waals surface area contributed by atoms with Crippen LogP contribution in [0.1, 0.15) is 40.9 Å². The summed E-state index contributed by atoms with van der Waals surface area (Å²) in [6, 6.07) is 14.9. The molecule has 1 saturated heterocycles. The van der Waals surface area contributed by atoms with Crippen molar-refractivity contribution in [3.05, 3.63) is 71.4 Å². The van der Waals surface area contributed by atoms with E-state index in [1.54, 1.807) is 0 Å². The molecular weight excluding hydrogens is 563 g/mol. The predicted octanol–water partition coefficient (Wildman–Crippen LogP) is 4.00. The highest BCUT2D eigenvalue weighted by molar-refractivity contribution is 5.95. The topological polar surface area (TPSA) is 137 Å². The van der Waals surface area contributed by atoms with Gasteiger partial charge in [-0.3, -0.25) is 19.8 Å². The third-order valence-corrected chi connectivity index (χ3v) is 6.71. The molecule has 1 fully saturated rings. The van der Waals surface area contributed by atoms with Gasteiger partial charge in [-0.15, -0.1) is 0 Å². The number of aromatic nitrogens is 1.